The summed E-state index contributed by atoms with van der Waals surface area (Å²) in [5, 5.41) is 3.31. The van der Waals surface area contributed by atoms with Gasteiger partial charge in [0.1, 0.15) is 6.10 Å². The highest BCUT2D eigenvalue weighted by Crippen LogP contribution is 2.20. The normalized spacial score (nSPS) is 19.4. The van der Waals surface area contributed by atoms with Gasteiger partial charge in [-0.3, -0.25) is 5.32 Å². The number of halogens is 1. The van der Waals surface area contributed by atoms with E-state index in [0.29, 0.717) is 10.7 Å². The summed E-state index contributed by atoms with van der Waals surface area (Å²) in [6.45, 7) is 0. The third-order valence-corrected chi connectivity index (χ3v) is 3.64. The zero-order valence-corrected chi connectivity index (χ0v) is 10.2. The van der Waals surface area contributed by atoms with Crippen LogP contribution in [0.5, 0.6) is 0 Å². The second-order valence-electron chi connectivity index (χ2n) is 3.52. The first-order valence-corrected chi connectivity index (χ1v) is 6.58. The molecule has 0 aliphatic carbocycles. The highest BCUT2D eigenvalue weighted by atomic mass is 35.5. The molecule has 0 bridgehead atoms. The number of carbonyl (C=O) groups excluding carboxylic acids is 1. The number of hydrogen-bond donors (Lipinski definition) is 1. The lowest BCUT2D eigenvalue weighted by Crippen LogP contribution is -2.21. The Morgan fingerprint density at radius 3 is 2.81 bits per heavy atom. The maximum atomic E-state index is 11.5. The quantitative estimate of drug-likeness (QED) is 0.883. The highest BCUT2D eigenvalue weighted by molar-refractivity contribution is 7.99. The number of carbonyl (C=O) groups is 1. The number of anilines is 1. The fourth-order valence-corrected chi connectivity index (χ4v) is 2.66. The first-order chi connectivity index (χ1) is 7.74. The van der Waals surface area contributed by atoms with E-state index in [2.05, 4.69) is 5.32 Å². The van der Waals surface area contributed by atoms with Gasteiger partial charge < -0.3 is 4.74 Å². The zero-order valence-electron chi connectivity index (χ0n) is 8.61. The number of nitrogens with one attached hydrogen (secondary N) is 1. The van der Waals surface area contributed by atoms with E-state index >= 15 is 0 Å². The van der Waals surface area contributed by atoms with E-state index in [-0.39, 0.29) is 6.10 Å². The van der Waals surface area contributed by atoms with Crippen molar-refractivity contribution in [3.8, 4) is 0 Å². The van der Waals surface area contributed by atoms with E-state index in [1.807, 2.05) is 11.8 Å². The van der Waals surface area contributed by atoms with Gasteiger partial charge in [-0.05, 0) is 36.4 Å². The van der Waals surface area contributed by atoms with Crippen LogP contribution in [0.4, 0.5) is 10.5 Å². The number of rotatable bonds is 2. The smallest absolute Gasteiger partial charge is 0.411 e. The lowest BCUT2D eigenvalue weighted by molar-refractivity contribution is 0.124. The van der Waals surface area contributed by atoms with E-state index in [1.165, 1.54) is 0 Å². The Labute approximate surface area is 104 Å². The molecule has 2 rings (SSSR count). The van der Waals surface area contributed by atoms with Gasteiger partial charge in [-0.25, -0.2) is 4.79 Å². The molecule has 0 saturated carbocycles. The largest absolute Gasteiger partial charge is 0.445 e. The lowest BCUT2D eigenvalue weighted by atomic mass is 10.3. The Morgan fingerprint density at radius 2 is 2.19 bits per heavy atom. The van der Waals surface area contributed by atoms with Crippen molar-refractivity contribution in [3.05, 3.63) is 29.3 Å². The fourth-order valence-electron chi connectivity index (χ4n) is 1.44. The summed E-state index contributed by atoms with van der Waals surface area (Å²) in [6, 6.07) is 6.94. The van der Waals surface area contributed by atoms with Crippen molar-refractivity contribution in [2.75, 3.05) is 16.8 Å². The van der Waals surface area contributed by atoms with Crippen molar-refractivity contribution in [1.29, 1.82) is 0 Å². The minimum Gasteiger partial charge on any atom is -0.445 e. The summed E-state index contributed by atoms with van der Waals surface area (Å²) in [7, 11) is 0. The van der Waals surface area contributed by atoms with Crippen LogP contribution in [-0.2, 0) is 4.74 Å². The van der Waals surface area contributed by atoms with Gasteiger partial charge in [0.15, 0.2) is 0 Å². The minimum atomic E-state index is -0.394. The molecule has 1 aromatic rings. The predicted octanol–water partition coefficient (Wildman–Crippen LogP) is 3.39. The average Bonchev–Trinajstić information content (AvgIpc) is 2.74. The van der Waals surface area contributed by atoms with Crippen molar-refractivity contribution in [1.82, 2.24) is 0 Å². The summed E-state index contributed by atoms with van der Waals surface area (Å²) in [6.07, 6.45) is 0.603. The van der Waals surface area contributed by atoms with Crippen molar-refractivity contribution >= 4 is 35.1 Å². The lowest BCUT2D eigenvalue weighted by Gasteiger charge is -2.11. The van der Waals surface area contributed by atoms with Crippen LogP contribution in [0.15, 0.2) is 24.3 Å². The molecule has 1 atom stereocenters. The molecule has 3 nitrogen and oxygen atoms in total. The number of benzene rings is 1. The molecule has 0 unspecified atom stereocenters. The Hall–Kier alpha value is -0.870. The van der Waals surface area contributed by atoms with E-state index < -0.39 is 6.09 Å². The van der Waals surface area contributed by atoms with Crippen molar-refractivity contribution in [3.63, 3.8) is 0 Å². The van der Waals surface area contributed by atoms with Crippen molar-refractivity contribution < 1.29 is 9.53 Å². The van der Waals surface area contributed by atoms with Crippen LogP contribution in [0.25, 0.3) is 0 Å². The van der Waals surface area contributed by atoms with E-state index in [1.54, 1.807) is 24.3 Å². The summed E-state index contributed by atoms with van der Waals surface area (Å²) in [5.74, 6) is 1.97. The maximum Gasteiger partial charge on any atom is 0.411 e. The second-order valence-corrected chi connectivity index (χ2v) is 5.11. The van der Waals surface area contributed by atoms with Gasteiger partial charge in [0.2, 0.25) is 0 Å². The Morgan fingerprint density at radius 1 is 1.44 bits per heavy atom. The molecule has 1 amide bonds. The molecule has 1 heterocycles. The molecule has 0 aromatic heterocycles. The molecule has 0 spiro atoms. The molecule has 1 saturated heterocycles. The Kier molecular flexibility index (Phi) is 3.96. The molecule has 1 aliphatic rings. The molecular formula is C11H12ClNO2S. The summed E-state index contributed by atoms with van der Waals surface area (Å²) in [5.41, 5.74) is 0.694. The third-order valence-electron chi connectivity index (χ3n) is 2.25. The molecule has 1 fully saturated rings. The topological polar surface area (TPSA) is 38.3 Å². The van der Waals surface area contributed by atoms with Crippen molar-refractivity contribution in [2.24, 2.45) is 0 Å². The SMILES string of the molecule is O=C(Nc1ccc(Cl)cc1)O[C@@H]1CCSC1. The molecule has 1 aliphatic heterocycles. The fraction of sp³-hybridized carbons (Fsp3) is 0.364. The third kappa shape index (κ3) is 3.32. The predicted molar refractivity (Wildman–Crippen MR) is 67.3 cm³/mol. The van der Waals surface area contributed by atoms with Gasteiger partial charge in [-0.15, -0.1) is 0 Å². The first kappa shape index (κ1) is 11.6. The molecule has 1 N–H and O–H groups in total. The number of amides is 1. The van der Waals surface area contributed by atoms with Crippen LogP contribution < -0.4 is 5.32 Å². The first-order valence-electron chi connectivity index (χ1n) is 5.05. The van der Waals surface area contributed by atoms with Gasteiger partial charge >= 0.3 is 6.09 Å². The standard InChI is InChI=1S/C11H12ClNO2S/c12-8-1-3-9(4-2-8)13-11(14)15-10-5-6-16-7-10/h1-4,10H,5-7H2,(H,13,14)/t10-/m1/s1. The van der Waals surface area contributed by atoms with Crippen LogP contribution in [0.1, 0.15) is 6.42 Å². The maximum absolute atomic E-state index is 11.5. The van der Waals surface area contributed by atoms with Crippen LogP contribution in [0.3, 0.4) is 0 Å². The van der Waals surface area contributed by atoms with Crippen LogP contribution in [0, 0.1) is 0 Å². The Bertz CT molecular complexity index is 363. The van der Waals surface area contributed by atoms with Gasteiger partial charge in [-0.1, -0.05) is 11.6 Å². The Balaban J connectivity index is 1.84. The summed E-state index contributed by atoms with van der Waals surface area (Å²) < 4.78 is 5.24. The monoisotopic (exact) mass is 257 g/mol. The van der Waals surface area contributed by atoms with Gasteiger partial charge in [0.05, 0.1) is 0 Å². The number of hydrogen-bond acceptors (Lipinski definition) is 3. The summed E-state index contributed by atoms with van der Waals surface area (Å²) >= 11 is 7.55. The van der Waals surface area contributed by atoms with E-state index in [9.17, 15) is 4.79 Å². The molecule has 5 heteroatoms. The minimum absolute atomic E-state index is 0.0531. The number of thioether (sulfide) groups is 1. The van der Waals surface area contributed by atoms with Gasteiger partial charge in [0.25, 0.3) is 0 Å². The molecule has 16 heavy (non-hydrogen) atoms. The van der Waals surface area contributed by atoms with Gasteiger partial charge in [0, 0.05) is 16.5 Å². The highest BCUT2D eigenvalue weighted by Gasteiger charge is 2.19. The number of ether oxygens (including phenoxy) is 1. The van der Waals surface area contributed by atoms with Gasteiger partial charge in [-0.2, -0.15) is 11.8 Å². The van der Waals surface area contributed by atoms with Crippen LogP contribution >= 0.6 is 23.4 Å². The second kappa shape index (κ2) is 5.46. The molecule has 1 aromatic carbocycles. The van der Waals surface area contributed by atoms with E-state index in [0.717, 1.165) is 17.9 Å². The average molecular weight is 258 g/mol. The van der Waals surface area contributed by atoms with E-state index in [4.69, 9.17) is 16.3 Å². The molecule has 86 valence electrons. The van der Waals surface area contributed by atoms with Crippen molar-refractivity contribution in [2.45, 2.75) is 12.5 Å². The molecular weight excluding hydrogens is 246 g/mol. The molecule has 0 radical (unpaired) electrons. The van der Waals surface area contributed by atoms with Crippen LogP contribution in [0.2, 0.25) is 5.02 Å². The summed E-state index contributed by atoms with van der Waals surface area (Å²) in [4.78, 5) is 11.5. The zero-order chi connectivity index (χ0) is 11.4. The van der Waals surface area contributed by atoms with Crippen LogP contribution in [-0.4, -0.2) is 23.7 Å².